The van der Waals surface area contributed by atoms with Gasteiger partial charge in [0.2, 0.25) is 0 Å². The van der Waals surface area contributed by atoms with Gasteiger partial charge in [-0.05, 0) is 38.1 Å². The summed E-state index contributed by atoms with van der Waals surface area (Å²) in [4.78, 5) is 14.2. The Kier molecular flexibility index (Phi) is 5.01. The fraction of sp³-hybridized carbons (Fsp3) is 0.929. The van der Waals surface area contributed by atoms with Crippen LogP contribution in [0.1, 0.15) is 32.6 Å². The van der Waals surface area contributed by atoms with Gasteiger partial charge in [0.1, 0.15) is 0 Å². The number of hydrogen-bond donors (Lipinski definition) is 1. The number of carbonyl (C=O) groups excluding carboxylic acids is 1. The fourth-order valence-electron chi connectivity index (χ4n) is 2.84. The van der Waals surface area contributed by atoms with Gasteiger partial charge in [-0.2, -0.15) is 0 Å². The standard InChI is InChI=1S/C14H26N2O2/c1-3-6-15-13-7-12(14(17)18-2)9-16(10-13)8-11-4-5-11/h11-13,15H,3-10H2,1-2H3. The van der Waals surface area contributed by atoms with E-state index < -0.39 is 0 Å². The molecule has 1 heterocycles. The molecule has 0 aromatic heterocycles. The van der Waals surface area contributed by atoms with Gasteiger partial charge in [0, 0.05) is 25.7 Å². The van der Waals surface area contributed by atoms with E-state index in [1.165, 1.54) is 20.0 Å². The number of hydrogen-bond acceptors (Lipinski definition) is 4. The Bertz CT molecular complexity index is 279. The van der Waals surface area contributed by atoms with E-state index in [9.17, 15) is 4.79 Å². The van der Waals surface area contributed by atoms with Crippen molar-refractivity contribution in [1.82, 2.24) is 10.2 Å². The molecule has 1 saturated heterocycles. The Morgan fingerprint density at radius 1 is 1.39 bits per heavy atom. The zero-order chi connectivity index (χ0) is 13.0. The monoisotopic (exact) mass is 254 g/mol. The maximum absolute atomic E-state index is 11.8. The van der Waals surface area contributed by atoms with Gasteiger partial charge >= 0.3 is 5.97 Å². The molecule has 1 saturated carbocycles. The maximum atomic E-state index is 11.8. The lowest BCUT2D eigenvalue weighted by molar-refractivity contribution is -0.147. The molecule has 2 aliphatic rings. The molecule has 1 aliphatic carbocycles. The van der Waals surface area contributed by atoms with Crippen LogP contribution in [-0.4, -0.2) is 50.2 Å². The lowest BCUT2D eigenvalue weighted by Crippen LogP contribution is -2.51. The molecule has 4 heteroatoms. The van der Waals surface area contributed by atoms with Crippen LogP contribution in [-0.2, 0) is 9.53 Å². The van der Waals surface area contributed by atoms with Gasteiger partial charge in [-0.1, -0.05) is 6.92 Å². The molecule has 104 valence electrons. The van der Waals surface area contributed by atoms with E-state index >= 15 is 0 Å². The summed E-state index contributed by atoms with van der Waals surface area (Å²) in [6, 6.07) is 0.446. The molecule has 0 spiro atoms. The summed E-state index contributed by atoms with van der Waals surface area (Å²) >= 11 is 0. The number of rotatable bonds is 6. The molecule has 2 fully saturated rings. The molecule has 0 radical (unpaired) electrons. The van der Waals surface area contributed by atoms with E-state index in [0.717, 1.165) is 44.9 Å². The molecule has 2 unspecified atom stereocenters. The van der Waals surface area contributed by atoms with Gasteiger partial charge < -0.3 is 15.0 Å². The molecular formula is C14H26N2O2. The van der Waals surface area contributed by atoms with Crippen molar-refractivity contribution in [2.75, 3.05) is 33.3 Å². The number of methoxy groups -OCH3 is 1. The Labute approximate surface area is 110 Å². The Morgan fingerprint density at radius 2 is 2.17 bits per heavy atom. The quantitative estimate of drug-likeness (QED) is 0.725. The molecule has 0 bridgehead atoms. The van der Waals surface area contributed by atoms with Crippen LogP contribution >= 0.6 is 0 Å². The Hall–Kier alpha value is -0.610. The molecule has 0 amide bonds. The van der Waals surface area contributed by atoms with Gasteiger partial charge in [-0.25, -0.2) is 0 Å². The van der Waals surface area contributed by atoms with Gasteiger partial charge in [0.05, 0.1) is 13.0 Å². The fourth-order valence-corrected chi connectivity index (χ4v) is 2.84. The number of nitrogens with zero attached hydrogens (tertiary/aromatic N) is 1. The molecule has 18 heavy (non-hydrogen) atoms. The second-order valence-electron chi connectivity index (χ2n) is 5.77. The minimum atomic E-state index is -0.0428. The van der Waals surface area contributed by atoms with Crippen LogP contribution in [0.25, 0.3) is 0 Å². The summed E-state index contributed by atoms with van der Waals surface area (Å²) in [5, 5.41) is 3.55. The second-order valence-corrected chi connectivity index (χ2v) is 5.77. The maximum Gasteiger partial charge on any atom is 0.310 e. The van der Waals surface area contributed by atoms with Crippen LogP contribution in [0, 0.1) is 11.8 Å². The van der Waals surface area contributed by atoms with Crippen LogP contribution in [0.3, 0.4) is 0 Å². The SMILES string of the molecule is CCCNC1CC(C(=O)OC)CN(CC2CC2)C1. The van der Waals surface area contributed by atoms with Crippen LogP contribution in [0.15, 0.2) is 0 Å². The molecular weight excluding hydrogens is 228 g/mol. The predicted molar refractivity (Wildman–Crippen MR) is 71.4 cm³/mol. The van der Waals surface area contributed by atoms with Crippen molar-refractivity contribution in [2.45, 2.75) is 38.6 Å². The Morgan fingerprint density at radius 3 is 2.78 bits per heavy atom. The summed E-state index contributed by atoms with van der Waals surface area (Å²) in [6.07, 6.45) is 4.80. The number of nitrogens with one attached hydrogen (secondary N) is 1. The van der Waals surface area contributed by atoms with Crippen LogP contribution in [0.5, 0.6) is 0 Å². The van der Waals surface area contributed by atoms with Gasteiger partial charge in [0.25, 0.3) is 0 Å². The number of ether oxygens (including phenoxy) is 1. The summed E-state index contributed by atoms with van der Waals surface area (Å²) in [6.45, 7) is 6.35. The molecule has 1 N–H and O–H groups in total. The highest BCUT2D eigenvalue weighted by atomic mass is 16.5. The first kappa shape index (κ1) is 13.8. The average Bonchev–Trinajstić information content (AvgIpc) is 3.19. The van der Waals surface area contributed by atoms with Crippen molar-refractivity contribution < 1.29 is 9.53 Å². The van der Waals surface area contributed by atoms with Crippen molar-refractivity contribution in [2.24, 2.45) is 11.8 Å². The van der Waals surface area contributed by atoms with Crippen molar-refractivity contribution in [3.05, 3.63) is 0 Å². The zero-order valence-electron chi connectivity index (χ0n) is 11.7. The average molecular weight is 254 g/mol. The third-order valence-electron chi connectivity index (χ3n) is 3.96. The number of likely N-dealkylation sites (tertiary alicyclic amines) is 1. The molecule has 2 atom stereocenters. The first-order valence-electron chi connectivity index (χ1n) is 7.26. The second kappa shape index (κ2) is 6.53. The summed E-state index contributed by atoms with van der Waals surface area (Å²) in [5.41, 5.74) is 0. The number of esters is 1. The van der Waals surface area contributed by atoms with Crippen LogP contribution < -0.4 is 5.32 Å². The molecule has 0 aromatic carbocycles. The van der Waals surface area contributed by atoms with E-state index in [4.69, 9.17) is 4.74 Å². The summed E-state index contributed by atoms with van der Waals surface area (Å²) < 4.78 is 4.92. The Balaban J connectivity index is 1.88. The van der Waals surface area contributed by atoms with E-state index in [0.29, 0.717) is 6.04 Å². The lowest BCUT2D eigenvalue weighted by Gasteiger charge is -2.37. The molecule has 1 aliphatic heterocycles. The van der Waals surface area contributed by atoms with E-state index in [1.807, 2.05) is 0 Å². The third kappa shape index (κ3) is 3.95. The summed E-state index contributed by atoms with van der Waals surface area (Å²) in [5.74, 6) is 0.892. The largest absolute Gasteiger partial charge is 0.469 e. The first-order valence-corrected chi connectivity index (χ1v) is 7.26. The minimum absolute atomic E-state index is 0.0428. The highest BCUT2D eigenvalue weighted by Crippen LogP contribution is 2.31. The molecule has 2 rings (SSSR count). The molecule has 0 aromatic rings. The van der Waals surface area contributed by atoms with Crippen molar-refractivity contribution in [3.8, 4) is 0 Å². The van der Waals surface area contributed by atoms with E-state index in [1.54, 1.807) is 0 Å². The van der Waals surface area contributed by atoms with Crippen molar-refractivity contribution >= 4 is 5.97 Å². The highest BCUT2D eigenvalue weighted by Gasteiger charge is 2.34. The van der Waals surface area contributed by atoms with Gasteiger partial charge in [0.15, 0.2) is 0 Å². The zero-order valence-corrected chi connectivity index (χ0v) is 11.7. The molecule has 4 nitrogen and oxygen atoms in total. The number of piperidine rings is 1. The smallest absolute Gasteiger partial charge is 0.310 e. The van der Waals surface area contributed by atoms with Crippen molar-refractivity contribution in [3.63, 3.8) is 0 Å². The van der Waals surface area contributed by atoms with E-state index in [2.05, 4.69) is 17.1 Å². The van der Waals surface area contributed by atoms with Crippen LogP contribution in [0.4, 0.5) is 0 Å². The highest BCUT2D eigenvalue weighted by molar-refractivity contribution is 5.72. The first-order chi connectivity index (χ1) is 8.72. The van der Waals surface area contributed by atoms with Crippen molar-refractivity contribution in [1.29, 1.82) is 0 Å². The summed E-state index contributed by atoms with van der Waals surface area (Å²) in [7, 11) is 1.50. The lowest BCUT2D eigenvalue weighted by atomic mass is 9.94. The topological polar surface area (TPSA) is 41.6 Å². The predicted octanol–water partition coefficient (Wildman–Crippen LogP) is 1.26. The van der Waals surface area contributed by atoms with Gasteiger partial charge in [-0.15, -0.1) is 0 Å². The van der Waals surface area contributed by atoms with Crippen LogP contribution in [0.2, 0.25) is 0 Å². The van der Waals surface area contributed by atoms with Gasteiger partial charge in [-0.3, -0.25) is 4.79 Å². The number of carbonyl (C=O) groups is 1. The third-order valence-corrected chi connectivity index (χ3v) is 3.96. The van der Waals surface area contributed by atoms with E-state index in [-0.39, 0.29) is 11.9 Å². The minimum Gasteiger partial charge on any atom is -0.469 e. The normalized spacial score (nSPS) is 29.2.